The molecule has 0 fully saturated rings. The largest absolute Gasteiger partial charge is 0.454 e. The lowest BCUT2D eigenvalue weighted by molar-refractivity contribution is -0.660. The molecule has 218 valence electrons. The molecule has 0 amide bonds. The standard InChI is InChI=1S/C40H37N2OS/c1-25-15-17-28-29-23-34(44-27-12-8-7-9-13-27)30(24-41)36(38(29)43-37(28)35(25)33-14-10-11-21-42(33)6)26-16-18-31-32(22-26)40(4,5)20-19-39(31,2)3/h7-18,21-23H,19-20H2,1-6H3/q+1. The van der Waals surface area contributed by atoms with Gasteiger partial charge in [-0.15, -0.1) is 0 Å². The van der Waals surface area contributed by atoms with Crippen LogP contribution in [0.15, 0.2) is 105 Å². The summed E-state index contributed by atoms with van der Waals surface area (Å²) in [7, 11) is 2.07. The van der Waals surface area contributed by atoms with Crippen molar-refractivity contribution in [1.82, 2.24) is 0 Å². The highest BCUT2D eigenvalue weighted by Gasteiger charge is 2.37. The number of nitriles is 1. The van der Waals surface area contributed by atoms with Crippen LogP contribution in [0.5, 0.6) is 0 Å². The molecule has 2 heterocycles. The molecular weight excluding hydrogens is 557 g/mol. The minimum Gasteiger partial charge on any atom is -0.454 e. The lowest BCUT2D eigenvalue weighted by Crippen LogP contribution is -2.33. The first kappa shape index (κ1) is 28.4. The summed E-state index contributed by atoms with van der Waals surface area (Å²) in [4.78, 5) is 2.04. The summed E-state index contributed by atoms with van der Waals surface area (Å²) >= 11 is 1.64. The molecule has 0 aliphatic heterocycles. The van der Waals surface area contributed by atoms with Crippen LogP contribution >= 0.6 is 11.8 Å². The lowest BCUT2D eigenvalue weighted by atomic mass is 9.63. The molecular formula is C40H37N2OS+. The molecule has 0 saturated heterocycles. The average molecular weight is 594 g/mol. The van der Waals surface area contributed by atoms with Gasteiger partial charge in [0.05, 0.1) is 11.1 Å². The number of fused-ring (bicyclic) bond motifs is 4. The average Bonchev–Trinajstić information content (AvgIpc) is 3.37. The first-order valence-electron chi connectivity index (χ1n) is 15.4. The molecule has 2 aromatic heterocycles. The second-order valence-corrected chi connectivity index (χ2v) is 14.6. The lowest BCUT2D eigenvalue weighted by Gasteiger charge is -2.42. The van der Waals surface area contributed by atoms with E-state index < -0.39 is 0 Å². The van der Waals surface area contributed by atoms with Crippen molar-refractivity contribution >= 4 is 33.7 Å². The van der Waals surface area contributed by atoms with Crippen molar-refractivity contribution in [2.75, 3.05) is 0 Å². The van der Waals surface area contributed by atoms with Gasteiger partial charge in [0, 0.05) is 38.3 Å². The topological polar surface area (TPSA) is 40.8 Å². The Labute approximate surface area is 264 Å². The number of nitrogens with zero attached hydrogens (tertiary/aromatic N) is 2. The fourth-order valence-electron chi connectivity index (χ4n) is 6.98. The summed E-state index contributed by atoms with van der Waals surface area (Å²) in [5.74, 6) is 0. The number of benzene rings is 4. The summed E-state index contributed by atoms with van der Waals surface area (Å²) in [6, 6.07) is 32.6. The molecule has 6 aromatic rings. The van der Waals surface area contributed by atoms with Gasteiger partial charge in [-0.2, -0.15) is 5.26 Å². The Bertz CT molecular complexity index is 2130. The number of hydrogen-bond acceptors (Lipinski definition) is 3. The van der Waals surface area contributed by atoms with Gasteiger partial charge in [0.25, 0.3) is 0 Å². The van der Waals surface area contributed by atoms with Crippen molar-refractivity contribution in [3.8, 4) is 28.5 Å². The van der Waals surface area contributed by atoms with E-state index in [9.17, 15) is 5.26 Å². The summed E-state index contributed by atoms with van der Waals surface area (Å²) < 4.78 is 9.11. The predicted octanol–water partition coefficient (Wildman–Crippen LogP) is 10.4. The van der Waals surface area contributed by atoms with Crippen molar-refractivity contribution in [1.29, 1.82) is 5.26 Å². The van der Waals surface area contributed by atoms with E-state index in [0.717, 1.165) is 72.5 Å². The van der Waals surface area contributed by atoms with Crippen molar-refractivity contribution in [3.63, 3.8) is 0 Å². The zero-order chi connectivity index (χ0) is 30.8. The van der Waals surface area contributed by atoms with Crippen molar-refractivity contribution < 1.29 is 8.98 Å². The Balaban J connectivity index is 1.58. The zero-order valence-corrected chi connectivity index (χ0v) is 27.1. The molecule has 0 spiro atoms. The quantitative estimate of drug-likeness (QED) is 0.191. The molecule has 0 saturated carbocycles. The van der Waals surface area contributed by atoms with Gasteiger partial charge in [0.2, 0.25) is 5.69 Å². The summed E-state index contributed by atoms with van der Waals surface area (Å²) in [5.41, 5.74) is 10.4. The number of aryl methyl sites for hydroxylation is 2. The molecule has 1 aliphatic carbocycles. The van der Waals surface area contributed by atoms with E-state index in [1.54, 1.807) is 11.8 Å². The Hall–Kier alpha value is -4.33. The van der Waals surface area contributed by atoms with Crippen molar-refractivity contribution in [2.45, 2.75) is 68.1 Å². The zero-order valence-electron chi connectivity index (χ0n) is 26.3. The van der Waals surface area contributed by atoms with Crippen LogP contribution in [0.4, 0.5) is 0 Å². The van der Waals surface area contributed by atoms with E-state index in [4.69, 9.17) is 4.42 Å². The van der Waals surface area contributed by atoms with Gasteiger partial charge in [-0.25, -0.2) is 4.57 Å². The maximum atomic E-state index is 10.8. The van der Waals surface area contributed by atoms with Crippen LogP contribution < -0.4 is 4.57 Å². The summed E-state index contributed by atoms with van der Waals surface area (Å²) in [5, 5.41) is 12.9. The highest BCUT2D eigenvalue weighted by molar-refractivity contribution is 7.99. The smallest absolute Gasteiger partial charge is 0.216 e. The SMILES string of the molecule is Cc1ccc2c(oc3c(-c4ccc5c(c4)C(C)(C)CCC5(C)C)c(C#N)c(Sc4ccccc4)cc32)c1-c1cccc[n+]1C. The fourth-order valence-corrected chi connectivity index (χ4v) is 7.95. The van der Waals surface area contributed by atoms with Crippen LogP contribution in [-0.4, -0.2) is 0 Å². The van der Waals surface area contributed by atoms with Crippen LogP contribution in [0.1, 0.15) is 62.8 Å². The molecule has 0 unspecified atom stereocenters. The fraction of sp³-hybridized carbons (Fsp3) is 0.250. The van der Waals surface area contributed by atoms with E-state index in [1.165, 1.54) is 11.1 Å². The van der Waals surface area contributed by atoms with E-state index in [2.05, 4.69) is 119 Å². The third-order valence-corrected chi connectivity index (χ3v) is 10.7. The van der Waals surface area contributed by atoms with E-state index in [1.807, 2.05) is 24.3 Å². The molecule has 0 atom stereocenters. The third kappa shape index (κ3) is 4.54. The van der Waals surface area contributed by atoms with Gasteiger partial charge < -0.3 is 4.42 Å². The highest BCUT2D eigenvalue weighted by atomic mass is 32.2. The van der Waals surface area contributed by atoms with Crippen molar-refractivity contribution in [2.24, 2.45) is 7.05 Å². The van der Waals surface area contributed by atoms with Gasteiger partial charge in [0.1, 0.15) is 24.3 Å². The molecule has 0 bridgehead atoms. The Morgan fingerprint density at radius 3 is 2.20 bits per heavy atom. The number of rotatable bonds is 4. The van der Waals surface area contributed by atoms with Crippen LogP contribution in [0.25, 0.3) is 44.3 Å². The highest BCUT2D eigenvalue weighted by Crippen LogP contribution is 2.50. The minimum absolute atomic E-state index is 0.0450. The first-order valence-corrected chi connectivity index (χ1v) is 16.2. The Kier molecular flexibility index (Phi) is 6.72. The normalized spacial score (nSPS) is 15.3. The Morgan fingerprint density at radius 1 is 0.773 bits per heavy atom. The van der Waals surface area contributed by atoms with Crippen LogP contribution in [-0.2, 0) is 17.9 Å². The van der Waals surface area contributed by atoms with Gasteiger partial charge >= 0.3 is 0 Å². The van der Waals surface area contributed by atoms with Gasteiger partial charge in [0.15, 0.2) is 6.20 Å². The number of furan rings is 1. The molecule has 7 rings (SSSR count). The first-order chi connectivity index (χ1) is 21.1. The maximum absolute atomic E-state index is 10.8. The molecule has 4 aromatic carbocycles. The molecule has 0 N–H and O–H groups in total. The van der Waals surface area contributed by atoms with Gasteiger partial charge in [-0.05, 0) is 77.1 Å². The predicted molar refractivity (Wildman–Crippen MR) is 181 cm³/mol. The van der Waals surface area contributed by atoms with E-state index in [-0.39, 0.29) is 10.8 Å². The van der Waals surface area contributed by atoms with Crippen LogP contribution in [0.3, 0.4) is 0 Å². The van der Waals surface area contributed by atoms with Crippen molar-refractivity contribution in [3.05, 3.63) is 113 Å². The molecule has 0 radical (unpaired) electrons. The molecule has 4 heteroatoms. The monoisotopic (exact) mass is 593 g/mol. The van der Waals surface area contributed by atoms with Gasteiger partial charge in [-0.1, -0.05) is 88.0 Å². The van der Waals surface area contributed by atoms with Crippen LogP contribution in [0.2, 0.25) is 0 Å². The third-order valence-electron chi connectivity index (χ3n) is 9.64. The number of hydrogen-bond donors (Lipinski definition) is 0. The summed E-state index contributed by atoms with van der Waals surface area (Å²) in [6.45, 7) is 11.5. The minimum atomic E-state index is 0.0450. The van der Waals surface area contributed by atoms with E-state index in [0.29, 0.717) is 5.56 Å². The molecule has 44 heavy (non-hydrogen) atoms. The second kappa shape index (κ2) is 10.4. The second-order valence-electron chi connectivity index (χ2n) is 13.5. The van der Waals surface area contributed by atoms with Gasteiger partial charge in [-0.3, -0.25) is 0 Å². The maximum Gasteiger partial charge on any atom is 0.216 e. The Morgan fingerprint density at radius 2 is 1.48 bits per heavy atom. The molecule has 1 aliphatic rings. The molecule has 3 nitrogen and oxygen atoms in total. The number of pyridine rings is 1. The number of aromatic nitrogens is 1. The summed E-state index contributed by atoms with van der Waals surface area (Å²) in [6.07, 6.45) is 4.36. The van der Waals surface area contributed by atoms with Crippen LogP contribution in [0, 0.1) is 18.3 Å². The van der Waals surface area contributed by atoms with E-state index >= 15 is 0 Å².